The molecular formula is C22H24N2O4S. The van der Waals surface area contributed by atoms with Gasteiger partial charge >= 0.3 is 5.97 Å². The minimum absolute atomic E-state index is 0.00507. The van der Waals surface area contributed by atoms with Crippen LogP contribution in [0.15, 0.2) is 41.2 Å². The number of aromatic nitrogens is 2. The number of ether oxygens (including phenoxy) is 1. The first-order chi connectivity index (χ1) is 14.0. The average Bonchev–Trinajstić information content (AvgIpc) is 3.16. The van der Waals surface area contributed by atoms with Crippen molar-refractivity contribution in [3.05, 3.63) is 62.2 Å². The van der Waals surface area contributed by atoms with E-state index >= 15 is 0 Å². The maximum atomic E-state index is 12.9. The molecule has 0 atom stereocenters. The summed E-state index contributed by atoms with van der Waals surface area (Å²) in [6.07, 6.45) is 2.05. The van der Waals surface area contributed by atoms with Gasteiger partial charge in [-0.3, -0.25) is 14.4 Å². The van der Waals surface area contributed by atoms with Gasteiger partial charge in [-0.25, -0.2) is 4.98 Å². The van der Waals surface area contributed by atoms with Crippen LogP contribution >= 0.6 is 11.3 Å². The molecule has 7 heteroatoms. The minimum Gasteiger partial charge on any atom is -0.457 e. The van der Waals surface area contributed by atoms with Crippen molar-refractivity contribution in [2.24, 2.45) is 0 Å². The van der Waals surface area contributed by atoms with E-state index in [-0.39, 0.29) is 30.8 Å². The topological polar surface area (TPSA) is 78.3 Å². The molecule has 0 fully saturated rings. The van der Waals surface area contributed by atoms with E-state index in [2.05, 4.69) is 11.9 Å². The summed E-state index contributed by atoms with van der Waals surface area (Å²) in [6.45, 7) is 4.32. The van der Waals surface area contributed by atoms with Crippen molar-refractivity contribution >= 4 is 34.1 Å². The molecule has 6 nitrogen and oxygen atoms in total. The number of hydrogen-bond acceptors (Lipinski definition) is 6. The summed E-state index contributed by atoms with van der Waals surface area (Å²) in [6, 6.07) is 11.1. The molecular weight excluding hydrogens is 388 g/mol. The first kappa shape index (κ1) is 20.9. The number of hydrogen-bond donors (Lipinski definition) is 0. The summed E-state index contributed by atoms with van der Waals surface area (Å²) >= 11 is 1.37. The first-order valence-electron chi connectivity index (χ1n) is 9.73. The van der Waals surface area contributed by atoms with Gasteiger partial charge in [0, 0.05) is 17.8 Å². The van der Waals surface area contributed by atoms with Crippen LogP contribution in [0.2, 0.25) is 0 Å². The molecule has 0 aliphatic heterocycles. The molecule has 2 aromatic heterocycles. The molecule has 0 aliphatic rings. The lowest BCUT2D eigenvalue weighted by atomic mass is 10.2. The van der Waals surface area contributed by atoms with Crippen molar-refractivity contribution in [3.63, 3.8) is 0 Å². The predicted molar refractivity (Wildman–Crippen MR) is 114 cm³/mol. The number of esters is 1. The molecule has 0 spiro atoms. The Labute approximate surface area is 173 Å². The van der Waals surface area contributed by atoms with Crippen LogP contribution in [0.3, 0.4) is 0 Å². The third-order valence-corrected chi connectivity index (χ3v) is 5.64. The summed E-state index contributed by atoms with van der Waals surface area (Å²) in [4.78, 5) is 43.0. The van der Waals surface area contributed by atoms with Crippen LogP contribution in [0.1, 0.15) is 46.4 Å². The fourth-order valence-corrected chi connectivity index (χ4v) is 3.83. The summed E-state index contributed by atoms with van der Waals surface area (Å²) in [7, 11) is 0. The van der Waals surface area contributed by atoms with Gasteiger partial charge < -0.3 is 9.30 Å². The smallest absolute Gasteiger partial charge is 0.306 e. The molecule has 0 amide bonds. The van der Waals surface area contributed by atoms with Crippen molar-refractivity contribution in [2.45, 2.75) is 46.1 Å². The number of nitrogens with zero attached hydrogens (tertiary/aromatic N) is 2. The van der Waals surface area contributed by atoms with Crippen LogP contribution in [0, 0.1) is 6.92 Å². The third-order valence-electron chi connectivity index (χ3n) is 4.60. The molecule has 0 saturated heterocycles. The molecule has 152 valence electrons. The number of carbonyl (C=O) groups is 2. The molecule has 0 unspecified atom stereocenters. The third kappa shape index (κ3) is 5.17. The molecule has 0 radical (unpaired) electrons. The highest BCUT2D eigenvalue weighted by Crippen LogP contribution is 2.16. The fourth-order valence-electron chi connectivity index (χ4n) is 3.04. The van der Waals surface area contributed by atoms with Gasteiger partial charge in [-0.2, -0.15) is 0 Å². The largest absolute Gasteiger partial charge is 0.457 e. The zero-order valence-corrected chi connectivity index (χ0v) is 17.5. The Morgan fingerprint density at radius 2 is 1.97 bits per heavy atom. The van der Waals surface area contributed by atoms with E-state index in [1.807, 2.05) is 37.3 Å². The Balaban J connectivity index is 1.66. The van der Waals surface area contributed by atoms with Gasteiger partial charge in [0.2, 0.25) is 5.78 Å². The highest BCUT2D eigenvalue weighted by molar-refractivity contribution is 7.14. The highest BCUT2D eigenvalue weighted by atomic mass is 32.1. The number of carbonyl (C=O) groups excluding carboxylic acids is 2. The standard InChI is InChI=1S/C22H24N2O4S/c1-3-4-13-24-18-8-6-5-7-16(18)23-17(22(24)27)10-12-21(26)28-14-19(25)20-11-9-15(2)29-20/h5-9,11H,3-4,10,12-14H2,1-2H3. The zero-order chi connectivity index (χ0) is 20.8. The number of benzene rings is 1. The molecule has 0 N–H and O–H groups in total. The van der Waals surface area contributed by atoms with Crippen LogP contribution in [-0.2, 0) is 22.5 Å². The molecule has 0 aliphatic carbocycles. The van der Waals surface area contributed by atoms with E-state index in [1.54, 1.807) is 10.6 Å². The Morgan fingerprint density at radius 1 is 1.17 bits per heavy atom. The lowest BCUT2D eigenvalue weighted by Crippen LogP contribution is -2.26. The van der Waals surface area contributed by atoms with E-state index in [0.29, 0.717) is 17.1 Å². The maximum absolute atomic E-state index is 12.9. The van der Waals surface area contributed by atoms with Crippen molar-refractivity contribution in [1.29, 1.82) is 0 Å². The van der Waals surface area contributed by atoms with E-state index in [4.69, 9.17) is 4.74 Å². The lowest BCUT2D eigenvalue weighted by Gasteiger charge is -2.11. The molecule has 3 rings (SSSR count). The van der Waals surface area contributed by atoms with Crippen LogP contribution in [-0.4, -0.2) is 27.9 Å². The highest BCUT2D eigenvalue weighted by Gasteiger charge is 2.15. The number of fused-ring (bicyclic) bond motifs is 1. The minimum atomic E-state index is -0.513. The normalized spacial score (nSPS) is 11.0. The van der Waals surface area contributed by atoms with Crippen molar-refractivity contribution in [3.8, 4) is 0 Å². The fraction of sp³-hybridized carbons (Fsp3) is 0.364. The second kappa shape index (κ2) is 9.60. The van der Waals surface area contributed by atoms with E-state index in [0.717, 1.165) is 28.8 Å². The van der Waals surface area contributed by atoms with Gasteiger partial charge in [0.1, 0.15) is 5.69 Å². The van der Waals surface area contributed by atoms with Gasteiger partial charge in [0.25, 0.3) is 5.56 Å². The van der Waals surface area contributed by atoms with Crippen molar-refractivity contribution in [1.82, 2.24) is 9.55 Å². The second-order valence-electron chi connectivity index (χ2n) is 6.85. The number of Topliss-reactive ketones (excluding diaryl/α,β-unsaturated/α-hetero) is 1. The summed E-state index contributed by atoms with van der Waals surface area (Å²) < 4.78 is 6.82. The predicted octanol–water partition coefficient (Wildman–Crippen LogP) is 3.93. The van der Waals surface area contributed by atoms with E-state index in [9.17, 15) is 14.4 Å². The summed E-state index contributed by atoms with van der Waals surface area (Å²) in [5, 5.41) is 0. The molecule has 0 saturated carbocycles. The zero-order valence-electron chi connectivity index (χ0n) is 16.6. The number of aryl methyl sites for hydroxylation is 3. The molecule has 0 bridgehead atoms. The Hall–Kier alpha value is -2.80. The first-order valence-corrected chi connectivity index (χ1v) is 10.5. The number of unbranched alkanes of at least 4 members (excludes halogenated alkanes) is 1. The van der Waals surface area contributed by atoms with E-state index in [1.165, 1.54) is 11.3 Å². The summed E-state index contributed by atoms with van der Waals surface area (Å²) in [5.41, 5.74) is 1.70. The van der Waals surface area contributed by atoms with Crippen LogP contribution in [0.5, 0.6) is 0 Å². The molecule has 29 heavy (non-hydrogen) atoms. The lowest BCUT2D eigenvalue weighted by molar-refractivity contribution is -0.142. The van der Waals surface area contributed by atoms with Crippen LogP contribution in [0.4, 0.5) is 0 Å². The second-order valence-corrected chi connectivity index (χ2v) is 8.14. The van der Waals surface area contributed by atoms with Crippen molar-refractivity contribution in [2.75, 3.05) is 6.61 Å². The van der Waals surface area contributed by atoms with Crippen LogP contribution < -0.4 is 5.56 Å². The van der Waals surface area contributed by atoms with Gasteiger partial charge in [-0.1, -0.05) is 25.5 Å². The molecule has 1 aromatic carbocycles. The van der Waals surface area contributed by atoms with Gasteiger partial charge in [0.15, 0.2) is 6.61 Å². The van der Waals surface area contributed by atoms with Crippen molar-refractivity contribution < 1.29 is 14.3 Å². The molecule has 3 aromatic rings. The number of thiophene rings is 1. The number of rotatable bonds is 9. The molecule has 2 heterocycles. The number of ketones is 1. The Bertz CT molecular complexity index is 1080. The maximum Gasteiger partial charge on any atom is 0.306 e. The van der Waals surface area contributed by atoms with Gasteiger partial charge in [-0.15, -0.1) is 11.3 Å². The SMILES string of the molecule is CCCCn1c(=O)c(CCC(=O)OCC(=O)c2ccc(C)s2)nc2ccccc21. The monoisotopic (exact) mass is 412 g/mol. The van der Waals surface area contributed by atoms with Gasteiger partial charge in [-0.05, 0) is 37.6 Å². The Morgan fingerprint density at radius 3 is 2.69 bits per heavy atom. The van der Waals surface area contributed by atoms with Gasteiger partial charge in [0.05, 0.1) is 22.3 Å². The average molecular weight is 413 g/mol. The van der Waals surface area contributed by atoms with Crippen LogP contribution in [0.25, 0.3) is 11.0 Å². The quantitative estimate of drug-likeness (QED) is 0.393. The Kier molecular flexibility index (Phi) is 6.93. The number of para-hydroxylation sites is 2. The van der Waals surface area contributed by atoms with E-state index < -0.39 is 5.97 Å². The summed E-state index contributed by atoms with van der Waals surface area (Å²) in [5.74, 6) is -0.733.